The smallest absolute Gasteiger partial charge is 0.0667 e. The van der Waals surface area contributed by atoms with Crippen molar-refractivity contribution in [3.05, 3.63) is 35.0 Å². The van der Waals surface area contributed by atoms with E-state index >= 15 is 0 Å². The van der Waals surface area contributed by atoms with Crippen LogP contribution in [0.25, 0.3) is 10.9 Å². The third-order valence-electron chi connectivity index (χ3n) is 2.57. The van der Waals surface area contributed by atoms with Crippen LogP contribution in [0.5, 0.6) is 0 Å². The Balaban J connectivity index is 2.63. The van der Waals surface area contributed by atoms with Crippen molar-refractivity contribution in [3.63, 3.8) is 0 Å². The first-order chi connectivity index (χ1) is 7.13. The lowest BCUT2D eigenvalue weighted by Crippen LogP contribution is -2.14. The normalized spacial score (nSPS) is 13.3. The molecule has 15 heavy (non-hydrogen) atoms. The molecule has 3 N–H and O–H groups in total. The van der Waals surface area contributed by atoms with Crippen LogP contribution in [0.4, 0.5) is 0 Å². The molecule has 2 rings (SSSR count). The van der Waals surface area contributed by atoms with Crippen LogP contribution >= 0.6 is 11.6 Å². The van der Waals surface area contributed by atoms with Crippen LogP contribution in [0.15, 0.2) is 24.4 Å². The zero-order chi connectivity index (χ0) is 11.0. The van der Waals surface area contributed by atoms with Crippen LogP contribution in [0, 0.1) is 0 Å². The highest BCUT2D eigenvalue weighted by molar-refractivity contribution is 6.35. The van der Waals surface area contributed by atoms with Crippen molar-refractivity contribution in [2.75, 3.05) is 6.61 Å². The van der Waals surface area contributed by atoms with Gasteiger partial charge in [0.1, 0.15) is 0 Å². The van der Waals surface area contributed by atoms with Crippen LogP contribution in [0.3, 0.4) is 0 Å². The predicted octanol–water partition coefficient (Wildman–Crippen LogP) is 1.82. The molecule has 0 spiro atoms. The van der Waals surface area contributed by atoms with E-state index in [4.69, 9.17) is 22.4 Å². The second kappa shape index (κ2) is 3.85. The molecular formula is C11H13ClN2O. The zero-order valence-corrected chi connectivity index (χ0v) is 9.20. The summed E-state index contributed by atoms with van der Waals surface area (Å²) in [6.07, 6.45) is 1.95. The summed E-state index contributed by atoms with van der Waals surface area (Å²) in [7, 11) is 1.94. The molecule has 1 aromatic heterocycles. The molecule has 1 heterocycles. The number of aryl methyl sites for hydroxylation is 1. The summed E-state index contributed by atoms with van der Waals surface area (Å²) in [4.78, 5) is 0. The van der Waals surface area contributed by atoms with Crippen LogP contribution in [0.2, 0.25) is 5.02 Å². The molecule has 0 saturated heterocycles. The number of fused-ring (bicyclic) bond motifs is 1. The van der Waals surface area contributed by atoms with Gasteiger partial charge >= 0.3 is 0 Å². The Labute approximate surface area is 93.1 Å². The number of nitrogens with two attached hydrogens (primary N) is 1. The maximum absolute atomic E-state index is 8.98. The summed E-state index contributed by atoms with van der Waals surface area (Å²) < 4.78 is 1.96. The second-order valence-electron chi connectivity index (χ2n) is 3.66. The lowest BCUT2D eigenvalue weighted by molar-refractivity contribution is 0.268. The van der Waals surface area contributed by atoms with Gasteiger partial charge in [0.2, 0.25) is 0 Å². The van der Waals surface area contributed by atoms with E-state index in [-0.39, 0.29) is 12.6 Å². The Hall–Kier alpha value is -1.03. The van der Waals surface area contributed by atoms with Gasteiger partial charge in [0, 0.05) is 18.6 Å². The van der Waals surface area contributed by atoms with Crippen LogP contribution < -0.4 is 5.73 Å². The minimum absolute atomic E-state index is 0.0747. The first-order valence-corrected chi connectivity index (χ1v) is 5.12. The number of hydrogen-bond donors (Lipinski definition) is 2. The van der Waals surface area contributed by atoms with Gasteiger partial charge in [-0.25, -0.2) is 0 Å². The monoisotopic (exact) mass is 224 g/mol. The summed E-state index contributed by atoms with van der Waals surface area (Å²) in [6, 6.07) is 5.38. The summed E-state index contributed by atoms with van der Waals surface area (Å²) in [5.74, 6) is 0. The number of rotatable bonds is 2. The van der Waals surface area contributed by atoms with E-state index in [1.165, 1.54) is 0 Å². The summed E-state index contributed by atoms with van der Waals surface area (Å²) >= 11 is 6.15. The van der Waals surface area contributed by atoms with Gasteiger partial charge in [0.15, 0.2) is 0 Å². The first-order valence-electron chi connectivity index (χ1n) is 4.74. The number of aliphatic hydroxyl groups is 1. The number of aromatic nitrogens is 1. The van der Waals surface area contributed by atoms with Crippen molar-refractivity contribution in [1.29, 1.82) is 0 Å². The highest BCUT2D eigenvalue weighted by Gasteiger charge is 2.10. The first kappa shape index (κ1) is 10.5. The Morgan fingerprint density at radius 1 is 1.53 bits per heavy atom. The lowest BCUT2D eigenvalue weighted by Gasteiger charge is -2.10. The average molecular weight is 225 g/mol. The quantitative estimate of drug-likeness (QED) is 0.818. The number of benzene rings is 1. The molecule has 0 aliphatic heterocycles. The van der Waals surface area contributed by atoms with Gasteiger partial charge in [0.25, 0.3) is 0 Å². The van der Waals surface area contributed by atoms with Gasteiger partial charge in [-0.1, -0.05) is 11.6 Å². The van der Waals surface area contributed by atoms with Crippen LogP contribution in [-0.2, 0) is 7.05 Å². The van der Waals surface area contributed by atoms with Crippen molar-refractivity contribution in [2.45, 2.75) is 6.04 Å². The third-order valence-corrected chi connectivity index (χ3v) is 2.86. The van der Waals surface area contributed by atoms with Crippen LogP contribution in [0.1, 0.15) is 11.6 Å². The summed E-state index contributed by atoms with van der Waals surface area (Å²) in [5, 5.41) is 10.7. The number of hydrogen-bond acceptors (Lipinski definition) is 2. The van der Waals surface area contributed by atoms with E-state index < -0.39 is 0 Å². The largest absolute Gasteiger partial charge is 0.394 e. The molecule has 4 heteroatoms. The molecule has 0 radical (unpaired) electrons. The highest BCUT2D eigenvalue weighted by atomic mass is 35.5. The van der Waals surface area contributed by atoms with Crippen molar-refractivity contribution in [3.8, 4) is 0 Å². The van der Waals surface area contributed by atoms with Crippen molar-refractivity contribution < 1.29 is 5.11 Å². The van der Waals surface area contributed by atoms with E-state index in [9.17, 15) is 0 Å². The summed E-state index contributed by atoms with van der Waals surface area (Å²) in [5.41, 5.74) is 7.60. The van der Waals surface area contributed by atoms with Crippen molar-refractivity contribution in [1.82, 2.24) is 4.57 Å². The molecule has 1 unspecified atom stereocenters. The van der Waals surface area contributed by atoms with Gasteiger partial charge in [-0.05, 0) is 23.8 Å². The minimum Gasteiger partial charge on any atom is -0.394 e. The SMILES string of the molecule is Cn1ccc2cc(C(N)CO)cc(Cl)c21. The molecule has 0 bridgehead atoms. The maximum Gasteiger partial charge on any atom is 0.0667 e. The zero-order valence-electron chi connectivity index (χ0n) is 8.44. The number of halogens is 1. The number of aliphatic hydroxyl groups excluding tert-OH is 1. The van der Waals surface area contributed by atoms with Gasteiger partial charge in [-0.2, -0.15) is 0 Å². The summed E-state index contributed by atoms with van der Waals surface area (Å²) in [6.45, 7) is -0.0747. The topological polar surface area (TPSA) is 51.2 Å². The minimum atomic E-state index is -0.368. The van der Waals surface area contributed by atoms with Crippen molar-refractivity contribution in [2.24, 2.45) is 12.8 Å². The Kier molecular flexibility index (Phi) is 2.69. The Morgan fingerprint density at radius 3 is 2.93 bits per heavy atom. The van der Waals surface area contributed by atoms with Gasteiger partial charge in [0.05, 0.1) is 23.2 Å². The van der Waals surface area contributed by atoms with E-state index in [2.05, 4.69) is 0 Å². The molecule has 80 valence electrons. The second-order valence-corrected chi connectivity index (χ2v) is 4.06. The third kappa shape index (κ3) is 1.74. The number of nitrogens with zero attached hydrogens (tertiary/aromatic N) is 1. The predicted molar refractivity (Wildman–Crippen MR) is 61.9 cm³/mol. The molecule has 2 aromatic rings. The molecule has 0 aliphatic carbocycles. The molecule has 0 saturated carbocycles. The van der Waals surface area contributed by atoms with E-state index in [1.807, 2.05) is 36.0 Å². The fraction of sp³-hybridized carbons (Fsp3) is 0.273. The fourth-order valence-electron chi connectivity index (χ4n) is 1.73. The molecule has 0 aliphatic rings. The van der Waals surface area contributed by atoms with Crippen LogP contribution in [-0.4, -0.2) is 16.3 Å². The fourth-order valence-corrected chi connectivity index (χ4v) is 2.10. The van der Waals surface area contributed by atoms with Gasteiger partial charge in [-0.15, -0.1) is 0 Å². The van der Waals surface area contributed by atoms with Crippen molar-refractivity contribution >= 4 is 22.5 Å². The highest BCUT2D eigenvalue weighted by Crippen LogP contribution is 2.27. The Morgan fingerprint density at radius 2 is 2.27 bits per heavy atom. The standard InChI is InChI=1S/C11H13ClN2O/c1-14-3-2-7-4-8(10(13)6-15)5-9(12)11(7)14/h2-5,10,15H,6,13H2,1H3. The molecule has 1 atom stereocenters. The van der Waals surface area contributed by atoms with E-state index in [1.54, 1.807) is 0 Å². The average Bonchev–Trinajstić information content (AvgIpc) is 2.59. The molecule has 3 nitrogen and oxygen atoms in total. The van der Waals surface area contributed by atoms with E-state index in [0.29, 0.717) is 5.02 Å². The van der Waals surface area contributed by atoms with Gasteiger partial charge in [-0.3, -0.25) is 0 Å². The van der Waals surface area contributed by atoms with E-state index in [0.717, 1.165) is 16.5 Å². The lowest BCUT2D eigenvalue weighted by atomic mass is 10.1. The molecule has 0 amide bonds. The molecule has 0 fully saturated rings. The molecular weight excluding hydrogens is 212 g/mol. The maximum atomic E-state index is 8.98. The Bertz CT molecular complexity index is 493. The molecule has 1 aromatic carbocycles. The van der Waals surface area contributed by atoms with Gasteiger partial charge < -0.3 is 15.4 Å².